The maximum atomic E-state index is 13.0. The number of thiocarbonyl (C=S) groups is 1. The molecule has 2 aromatic rings. The second-order valence-electron chi connectivity index (χ2n) is 6.57. The molecule has 2 amide bonds. The Balaban J connectivity index is 1.46. The molecule has 32 heavy (non-hydrogen) atoms. The highest BCUT2D eigenvalue weighted by atomic mass is 32.2. The van der Waals surface area contributed by atoms with Crippen molar-refractivity contribution in [3.05, 3.63) is 54.3 Å². The number of hydrogen-bond acceptors (Lipinski definition) is 7. The van der Waals surface area contributed by atoms with Gasteiger partial charge < -0.3 is 10.1 Å². The molecule has 1 N–H and O–H groups in total. The SMILES string of the molecule is CCOc1ccc(N2C(=S)SC3C(=O)N=C(SCC(=O)Nc4ccc(F)cc4)N=C32)cc1. The van der Waals surface area contributed by atoms with Gasteiger partial charge in [-0.25, -0.2) is 9.38 Å². The maximum Gasteiger partial charge on any atom is 0.269 e. The zero-order valence-electron chi connectivity index (χ0n) is 16.8. The number of halogens is 1. The van der Waals surface area contributed by atoms with Crippen LogP contribution in [0.1, 0.15) is 6.92 Å². The summed E-state index contributed by atoms with van der Waals surface area (Å²) in [5, 5.41) is 2.25. The maximum absolute atomic E-state index is 13.0. The second kappa shape index (κ2) is 9.80. The summed E-state index contributed by atoms with van der Waals surface area (Å²) in [4.78, 5) is 35.1. The van der Waals surface area contributed by atoms with Crippen molar-refractivity contribution in [2.45, 2.75) is 12.2 Å². The fourth-order valence-electron chi connectivity index (χ4n) is 2.98. The first-order valence-electron chi connectivity index (χ1n) is 9.57. The summed E-state index contributed by atoms with van der Waals surface area (Å²) in [5.41, 5.74) is 1.24. The van der Waals surface area contributed by atoms with Gasteiger partial charge in [0.1, 0.15) is 21.7 Å². The number of nitrogens with zero attached hydrogens (tertiary/aromatic N) is 3. The molecular formula is C21H17FN4O3S3. The molecule has 2 heterocycles. The van der Waals surface area contributed by atoms with Crippen LogP contribution in [0.15, 0.2) is 58.5 Å². The van der Waals surface area contributed by atoms with Gasteiger partial charge in [0.15, 0.2) is 10.4 Å². The molecule has 0 saturated carbocycles. The Kier molecular flexibility index (Phi) is 6.87. The Morgan fingerprint density at radius 2 is 1.94 bits per heavy atom. The van der Waals surface area contributed by atoms with Gasteiger partial charge in [0.2, 0.25) is 5.91 Å². The summed E-state index contributed by atoms with van der Waals surface area (Å²) in [6, 6.07) is 12.8. The lowest BCUT2D eigenvalue weighted by molar-refractivity contribution is -0.116. The Bertz CT molecular complexity index is 1120. The van der Waals surface area contributed by atoms with Crippen molar-refractivity contribution in [1.29, 1.82) is 0 Å². The van der Waals surface area contributed by atoms with Gasteiger partial charge in [0.25, 0.3) is 5.91 Å². The number of nitrogens with one attached hydrogen (secondary N) is 1. The smallest absolute Gasteiger partial charge is 0.269 e. The van der Waals surface area contributed by atoms with Crippen LogP contribution in [0, 0.1) is 5.82 Å². The van der Waals surface area contributed by atoms with E-state index in [2.05, 4.69) is 15.3 Å². The minimum Gasteiger partial charge on any atom is -0.494 e. The summed E-state index contributed by atoms with van der Waals surface area (Å²) >= 11 is 7.75. The summed E-state index contributed by atoms with van der Waals surface area (Å²) in [6.45, 7) is 2.47. The minimum atomic E-state index is -0.605. The molecule has 1 unspecified atom stereocenters. The van der Waals surface area contributed by atoms with E-state index in [4.69, 9.17) is 17.0 Å². The summed E-state index contributed by atoms with van der Waals surface area (Å²) in [5.74, 6) is 0.132. The third-order valence-corrected chi connectivity index (χ3v) is 6.72. The zero-order chi connectivity index (χ0) is 22.7. The van der Waals surface area contributed by atoms with Crippen LogP contribution in [-0.4, -0.2) is 44.7 Å². The first-order chi connectivity index (χ1) is 15.4. The topological polar surface area (TPSA) is 83.4 Å². The van der Waals surface area contributed by atoms with E-state index in [0.717, 1.165) is 23.2 Å². The molecule has 1 saturated heterocycles. The first-order valence-corrected chi connectivity index (χ1v) is 11.8. The van der Waals surface area contributed by atoms with Crippen LogP contribution < -0.4 is 15.0 Å². The fraction of sp³-hybridized carbons (Fsp3) is 0.190. The van der Waals surface area contributed by atoms with Crippen molar-refractivity contribution in [2.75, 3.05) is 22.6 Å². The molecule has 11 heteroatoms. The van der Waals surface area contributed by atoms with Crippen molar-refractivity contribution in [3.8, 4) is 5.75 Å². The van der Waals surface area contributed by atoms with Crippen LogP contribution in [-0.2, 0) is 9.59 Å². The normalized spacial score (nSPS) is 17.6. The van der Waals surface area contributed by atoms with E-state index < -0.39 is 5.25 Å². The van der Waals surface area contributed by atoms with Crippen molar-refractivity contribution in [3.63, 3.8) is 0 Å². The summed E-state index contributed by atoms with van der Waals surface area (Å²) in [7, 11) is 0. The van der Waals surface area contributed by atoms with E-state index >= 15 is 0 Å². The molecule has 4 rings (SSSR count). The van der Waals surface area contributed by atoms with Gasteiger partial charge in [0.05, 0.1) is 12.4 Å². The monoisotopic (exact) mass is 488 g/mol. The Morgan fingerprint density at radius 3 is 2.62 bits per heavy atom. The second-order valence-corrected chi connectivity index (χ2v) is 9.25. The van der Waals surface area contributed by atoms with E-state index in [1.54, 1.807) is 4.90 Å². The van der Waals surface area contributed by atoms with Gasteiger partial charge in [-0.3, -0.25) is 14.5 Å². The van der Waals surface area contributed by atoms with Crippen molar-refractivity contribution in [1.82, 2.24) is 0 Å². The average molecular weight is 489 g/mol. The number of aliphatic imine (C=N–C) groups is 2. The van der Waals surface area contributed by atoms with E-state index in [1.165, 1.54) is 36.0 Å². The van der Waals surface area contributed by atoms with Crippen molar-refractivity contribution in [2.24, 2.45) is 9.98 Å². The number of rotatable bonds is 6. The lowest BCUT2D eigenvalue weighted by atomic mass is 10.2. The minimum absolute atomic E-state index is 0.00835. The lowest BCUT2D eigenvalue weighted by Gasteiger charge is -2.21. The highest BCUT2D eigenvalue weighted by Gasteiger charge is 2.43. The number of anilines is 2. The number of amidine groups is 2. The van der Waals surface area contributed by atoms with E-state index in [9.17, 15) is 14.0 Å². The number of carbonyl (C=O) groups excluding carboxylic acids is 2. The molecule has 2 aliphatic heterocycles. The number of thioether (sulfide) groups is 2. The van der Waals surface area contributed by atoms with E-state index in [-0.39, 0.29) is 28.6 Å². The average Bonchev–Trinajstić information content (AvgIpc) is 3.11. The Hall–Kier alpha value is -2.76. The van der Waals surface area contributed by atoms with Crippen LogP contribution in [0.4, 0.5) is 15.8 Å². The van der Waals surface area contributed by atoms with Gasteiger partial charge in [-0.05, 0) is 55.5 Å². The molecule has 0 bridgehead atoms. The molecule has 7 nitrogen and oxygen atoms in total. The van der Waals surface area contributed by atoms with Gasteiger partial charge in [-0.15, -0.1) is 0 Å². The number of fused-ring (bicyclic) bond motifs is 1. The molecule has 0 spiro atoms. The largest absolute Gasteiger partial charge is 0.494 e. The molecule has 2 aromatic carbocycles. The molecule has 2 aliphatic rings. The summed E-state index contributed by atoms with van der Waals surface area (Å²) in [6.07, 6.45) is 0. The van der Waals surface area contributed by atoms with Crippen molar-refractivity contribution < 1.29 is 18.7 Å². The Labute approximate surface area is 197 Å². The van der Waals surface area contributed by atoms with Crippen LogP contribution in [0.5, 0.6) is 5.75 Å². The van der Waals surface area contributed by atoms with E-state index in [0.29, 0.717) is 22.5 Å². The lowest BCUT2D eigenvalue weighted by Crippen LogP contribution is -2.37. The highest BCUT2D eigenvalue weighted by molar-refractivity contribution is 8.25. The molecular weight excluding hydrogens is 471 g/mol. The number of ether oxygens (including phenoxy) is 1. The number of carbonyl (C=O) groups is 2. The molecule has 0 aromatic heterocycles. The van der Waals surface area contributed by atoms with Crippen LogP contribution in [0.2, 0.25) is 0 Å². The molecule has 164 valence electrons. The highest BCUT2D eigenvalue weighted by Crippen LogP contribution is 2.36. The predicted octanol–water partition coefficient (Wildman–Crippen LogP) is 4.10. The van der Waals surface area contributed by atoms with Gasteiger partial charge in [-0.1, -0.05) is 35.7 Å². The number of benzene rings is 2. The Morgan fingerprint density at radius 1 is 1.22 bits per heavy atom. The van der Waals surface area contributed by atoms with Crippen LogP contribution in [0.25, 0.3) is 0 Å². The third kappa shape index (κ3) is 5.00. The van der Waals surface area contributed by atoms with Crippen LogP contribution >= 0.6 is 35.7 Å². The molecule has 0 radical (unpaired) electrons. The number of amides is 2. The van der Waals surface area contributed by atoms with Crippen molar-refractivity contribution >= 4 is 74.3 Å². The van der Waals surface area contributed by atoms with Gasteiger partial charge in [-0.2, -0.15) is 4.99 Å². The van der Waals surface area contributed by atoms with Crippen LogP contribution in [0.3, 0.4) is 0 Å². The standard InChI is InChI=1S/C21H17FN4O3S3/c1-2-29-15-9-7-14(8-10-15)26-18-17(32-21(26)30)19(28)25-20(24-18)31-11-16(27)23-13-5-3-12(22)4-6-13/h3-10,17H,2,11H2,1H3,(H,23,27). The quantitative estimate of drug-likeness (QED) is 0.613. The first kappa shape index (κ1) is 22.4. The molecule has 1 fully saturated rings. The van der Waals surface area contributed by atoms with Gasteiger partial charge >= 0.3 is 0 Å². The molecule has 1 atom stereocenters. The van der Waals surface area contributed by atoms with E-state index in [1.807, 2.05) is 31.2 Å². The number of hydrogen-bond donors (Lipinski definition) is 1. The zero-order valence-corrected chi connectivity index (χ0v) is 19.2. The fourth-order valence-corrected chi connectivity index (χ4v) is 5.04. The molecule has 0 aliphatic carbocycles. The summed E-state index contributed by atoms with van der Waals surface area (Å²) < 4.78 is 19.0. The third-order valence-electron chi connectivity index (χ3n) is 4.37. The van der Waals surface area contributed by atoms with Gasteiger partial charge in [0, 0.05) is 11.4 Å². The predicted molar refractivity (Wildman–Crippen MR) is 131 cm³/mol.